The monoisotopic (exact) mass is 705 g/mol. The first-order valence-corrected chi connectivity index (χ1v) is 17.6. The molecule has 15 heteroatoms. The fourth-order valence-electron chi connectivity index (χ4n) is 6.64. The molecule has 2 fully saturated rings. The van der Waals surface area contributed by atoms with Crippen LogP contribution in [0.1, 0.15) is 104 Å². The minimum Gasteiger partial charge on any atom is -0.347 e. The Kier molecular flexibility index (Phi) is 14.3. The van der Waals surface area contributed by atoms with Crippen molar-refractivity contribution in [1.29, 1.82) is 0 Å². The lowest BCUT2D eigenvalue weighted by Crippen LogP contribution is -2.62. The molecule has 1 aromatic heterocycles. The van der Waals surface area contributed by atoms with Crippen molar-refractivity contribution >= 4 is 35.3 Å². The number of alkyl halides is 2. The molecular weight excluding hydrogens is 652 g/mol. The maximum Gasteiger partial charge on any atom is 0.289 e. The van der Waals surface area contributed by atoms with Gasteiger partial charge in [-0.05, 0) is 62.2 Å². The molecule has 278 valence electrons. The number of nitrogens with one attached hydrogen (secondary N) is 4. The molecule has 5 amide bonds. The highest BCUT2D eigenvalue weighted by molar-refractivity contribution is 6.38. The van der Waals surface area contributed by atoms with E-state index in [1.165, 1.54) is 23.5 Å². The fraction of sp³-hybridized carbons (Fsp3) is 0.714. The van der Waals surface area contributed by atoms with Gasteiger partial charge in [-0.3, -0.25) is 33.8 Å². The number of likely N-dealkylation sites (tertiary alicyclic amines) is 1. The predicted molar refractivity (Wildman–Crippen MR) is 181 cm³/mol. The number of carbonyl (C=O) groups is 6. The van der Waals surface area contributed by atoms with E-state index in [0.29, 0.717) is 12.8 Å². The standard InChI is InChI=1S/C35H53F2N7O6/c1-8-20(4)40-33(49)28(45)23(13-10-14-25(36)37)41-32(48)27-22-12-9-11-21(22)18-44(27)34(50)29(35(5,6)7)43-31(47)26(19(2)3)42-30(46)24-17-38-15-16-39-24/h15-17,19-23,25-27,29H,8-14,18H2,1-7H3,(H,40,49)(H,41,48)(H,42,46)(H,43,47)/t20-,21-,22-,23?,26?,27?,29?/m0/s1. The minimum atomic E-state index is -2.61. The van der Waals surface area contributed by atoms with Gasteiger partial charge in [0.1, 0.15) is 23.8 Å². The Hall–Kier alpha value is -4.04. The third-order valence-electron chi connectivity index (χ3n) is 9.64. The van der Waals surface area contributed by atoms with Crippen LogP contribution in [0.15, 0.2) is 18.6 Å². The molecular formula is C35H53F2N7O6. The van der Waals surface area contributed by atoms with E-state index in [1.807, 2.05) is 6.92 Å². The SMILES string of the molecule is CC[C@H](C)NC(=O)C(=O)C(CCCC(F)F)NC(=O)C1[C@H]2CCC[C@H]2CN1C(=O)C(NC(=O)C(NC(=O)c1cnccn1)C(C)C)C(C)(C)C. The lowest BCUT2D eigenvalue weighted by molar-refractivity contribution is -0.146. The van der Waals surface area contributed by atoms with Crippen LogP contribution in [-0.2, 0) is 24.0 Å². The molecule has 1 aliphatic carbocycles. The summed E-state index contributed by atoms with van der Waals surface area (Å²) in [6.07, 6.45) is 3.49. The summed E-state index contributed by atoms with van der Waals surface area (Å²) in [6.45, 7) is 12.6. The highest BCUT2D eigenvalue weighted by atomic mass is 19.3. The van der Waals surface area contributed by atoms with Gasteiger partial charge < -0.3 is 26.2 Å². The van der Waals surface area contributed by atoms with Crippen LogP contribution in [0.5, 0.6) is 0 Å². The Balaban J connectivity index is 1.86. The van der Waals surface area contributed by atoms with Gasteiger partial charge in [0.15, 0.2) is 0 Å². The molecule has 13 nitrogen and oxygen atoms in total. The van der Waals surface area contributed by atoms with Gasteiger partial charge in [0.25, 0.3) is 11.8 Å². The molecule has 1 saturated carbocycles. The fourth-order valence-corrected chi connectivity index (χ4v) is 6.64. The number of ketones is 1. The minimum absolute atomic E-state index is 0.00221. The molecule has 3 rings (SSSR count). The lowest BCUT2D eigenvalue weighted by Gasteiger charge is -2.37. The first kappa shape index (κ1) is 40.4. The Labute approximate surface area is 292 Å². The van der Waals surface area contributed by atoms with Gasteiger partial charge in [-0.1, -0.05) is 48.0 Å². The number of hydrogen-bond acceptors (Lipinski definition) is 8. The predicted octanol–water partition coefficient (Wildman–Crippen LogP) is 2.79. The maximum absolute atomic E-state index is 14.5. The molecule has 2 aliphatic rings. The second-order valence-electron chi connectivity index (χ2n) is 14.9. The van der Waals surface area contributed by atoms with Crippen molar-refractivity contribution in [2.75, 3.05) is 6.54 Å². The van der Waals surface area contributed by atoms with Crippen LogP contribution < -0.4 is 21.3 Å². The summed E-state index contributed by atoms with van der Waals surface area (Å²) in [7, 11) is 0. The molecule has 0 radical (unpaired) electrons. The molecule has 4 N–H and O–H groups in total. The lowest BCUT2D eigenvalue weighted by atomic mass is 9.85. The molecule has 2 heterocycles. The van der Waals surface area contributed by atoms with Crippen molar-refractivity contribution in [3.63, 3.8) is 0 Å². The van der Waals surface area contributed by atoms with E-state index in [2.05, 4.69) is 31.2 Å². The van der Waals surface area contributed by atoms with Crippen LogP contribution in [0, 0.1) is 23.2 Å². The average molecular weight is 706 g/mol. The smallest absolute Gasteiger partial charge is 0.289 e. The highest BCUT2D eigenvalue weighted by Crippen LogP contribution is 2.43. The van der Waals surface area contributed by atoms with E-state index >= 15 is 0 Å². The van der Waals surface area contributed by atoms with Crippen molar-refractivity contribution in [2.45, 2.75) is 130 Å². The van der Waals surface area contributed by atoms with Crippen molar-refractivity contribution in [3.05, 3.63) is 24.3 Å². The maximum atomic E-state index is 14.5. The number of carbonyl (C=O) groups excluding carboxylic acids is 6. The van der Waals surface area contributed by atoms with Crippen LogP contribution in [0.2, 0.25) is 0 Å². The Morgan fingerprint density at radius 1 is 0.960 bits per heavy atom. The second kappa shape index (κ2) is 17.8. The number of amides is 5. The molecule has 1 aliphatic heterocycles. The Morgan fingerprint density at radius 2 is 1.66 bits per heavy atom. The van der Waals surface area contributed by atoms with Crippen molar-refractivity contribution in [3.8, 4) is 0 Å². The number of hydrogen-bond donors (Lipinski definition) is 4. The number of nitrogens with zero attached hydrogens (tertiary/aromatic N) is 3. The summed E-state index contributed by atoms with van der Waals surface area (Å²) in [4.78, 5) is 90.4. The van der Waals surface area contributed by atoms with E-state index in [9.17, 15) is 37.5 Å². The van der Waals surface area contributed by atoms with Gasteiger partial charge in [-0.15, -0.1) is 0 Å². The average Bonchev–Trinajstić information content (AvgIpc) is 3.66. The number of Topliss-reactive ketones (excluding diaryl/α,β-unsaturated/α-hetero) is 1. The van der Waals surface area contributed by atoms with Crippen molar-refractivity contribution in [2.24, 2.45) is 23.2 Å². The molecule has 0 spiro atoms. The van der Waals surface area contributed by atoms with Gasteiger partial charge in [0.05, 0.1) is 12.2 Å². The number of halogens is 2. The summed E-state index contributed by atoms with van der Waals surface area (Å²) in [5.74, 6) is -4.79. The van der Waals surface area contributed by atoms with Gasteiger partial charge in [-0.2, -0.15) is 0 Å². The third-order valence-corrected chi connectivity index (χ3v) is 9.64. The zero-order valence-corrected chi connectivity index (χ0v) is 30.1. The highest BCUT2D eigenvalue weighted by Gasteiger charge is 2.52. The summed E-state index contributed by atoms with van der Waals surface area (Å²) in [5, 5.41) is 10.8. The molecule has 50 heavy (non-hydrogen) atoms. The zero-order valence-electron chi connectivity index (χ0n) is 30.1. The number of rotatable bonds is 16. The normalized spacial score (nSPS) is 21.2. The summed E-state index contributed by atoms with van der Waals surface area (Å²) >= 11 is 0. The van der Waals surface area contributed by atoms with E-state index in [-0.39, 0.29) is 48.9 Å². The van der Waals surface area contributed by atoms with Crippen LogP contribution in [0.4, 0.5) is 8.78 Å². The van der Waals surface area contributed by atoms with E-state index in [1.54, 1.807) is 41.5 Å². The number of fused-ring (bicyclic) bond motifs is 1. The van der Waals surface area contributed by atoms with Gasteiger partial charge in [-0.25, -0.2) is 13.8 Å². The molecule has 1 aromatic rings. The quantitative estimate of drug-likeness (QED) is 0.190. The van der Waals surface area contributed by atoms with E-state index < -0.39 is 77.7 Å². The van der Waals surface area contributed by atoms with E-state index in [4.69, 9.17) is 0 Å². The third kappa shape index (κ3) is 10.5. The van der Waals surface area contributed by atoms with Crippen LogP contribution in [-0.4, -0.2) is 93.4 Å². The van der Waals surface area contributed by atoms with Gasteiger partial charge in [0, 0.05) is 31.4 Å². The summed E-state index contributed by atoms with van der Waals surface area (Å²) < 4.78 is 26.0. The van der Waals surface area contributed by atoms with Crippen molar-refractivity contribution in [1.82, 2.24) is 36.1 Å². The summed E-state index contributed by atoms with van der Waals surface area (Å²) in [5.41, 5.74) is -0.806. The molecule has 1 saturated heterocycles. The van der Waals surface area contributed by atoms with Crippen molar-refractivity contribution < 1.29 is 37.5 Å². The topological polar surface area (TPSA) is 180 Å². The van der Waals surface area contributed by atoms with E-state index in [0.717, 1.165) is 12.8 Å². The molecule has 7 atom stereocenters. The molecule has 0 aromatic carbocycles. The summed E-state index contributed by atoms with van der Waals surface area (Å²) in [6, 6.07) is -4.81. The molecule has 0 bridgehead atoms. The number of aromatic nitrogens is 2. The van der Waals surface area contributed by atoms with Crippen LogP contribution in [0.3, 0.4) is 0 Å². The van der Waals surface area contributed by atoms with Crippen LogP contribution >= 0.6 is 0 Å². The largest absolute Gasteiger partial charge is 0.347 e. The van der Waals surface area contributed by atoms with Gasteiger partial charge in [0.2, 0.25) is 29.9 Å². The first-order valence-electron chi connectivity index (χ1n) is 17.6. The van der Waals surface area contributed by atoms with Crippen LogP contribution in [0.25, 0.3) is 0 Å². The second-order valence-corrected chi connectivity index (χ2v) is 14.9. The molecule has 4 unspecified atom stereocenters. The zero-order chi connectivity index (χ0) is 37.3. The van der Waals surface area contributed by atoms with Gasteiger partial charge >= 0.3 is 0 Å². The Bertz CT molecular complexity index is 1370. The Morgan fingerprint density at radius 3 is 2.24 bits per heavy atom. The first-order chi connectivity index (χ1) is 23.5.